The number of hydrogen-bond donors (Lipinski definition) is 18. The number of esters is 1. The first-order valence-electron chi connectivity index (χ1n) is 38.5. The van der Waals surface area contributed by atoms with Crippen LogP contribution in [0.4, 0.5) is 0 Å². The molecule has 0 aliphatic carbocycles. The lowest BCUT2D eigenvalue weighted by Gasteiger charge is -2.46. The standard InChI is InChI=1S/C83H134O23S/c1-51-24-19-21-32-63(88)44-68(93)46-69(33-22-20-25-52(2)35-39-75(104-9)77-80(102)72(96)48-73(97)82(77)107-10)105-76(99)50-83(103)49-74(98)57(7)81(106-83)58(8)79(101)55(5)27-23-26-54(4)78(100)56(6)71(95)47-70(94)53(3)36-38-65(90)45-67(92)43-62(87)31-18-14-17-30-61(86)42-66(91)41-60(85)29-16-13-11-12-15-28-59(84)40-64(89)37-34-51/h11-18,20,22-23,25-27,29,31,33,48,51-53,55-65,67-71,74-75,78-79,81,84-90,92-98,100-103H,19,21,24,28,30,32,34-47,49-50H2,1-10H3. The number of cyclic esters (lactones) is 1. The third-order valence-corrected chi connectivity index (χ3v) is 21.6. The monoisotopic (exact) mass is 1530 g/mol. The largest absolute Gasteiger partial charge is 0.507 e. The van der Waals surface area contributed by atoms with Crippen molar-refractivity contribution in [3.05, 3.63) is 120 Å². The Morgan fingerprint density at radius 1 is 0.598 bits per heavy atom. The minimum atomic E-state index is -2.24. The lowest BCUT2D eigenvalue weighted by atomic mass is 9.78. The quantitative estimate of drug-likeness (QED) is 0.0360. The molecule has 610 valence electrons. The Balaban J connectivity index is 1.80. The number of phenols is 3. The van der Waals surface area contributed by atoms with Gasteiger partial charge in [-0.15, -0.1) is 11.8 Å². The van der Waals surface area contributed by atoms with Crippen molar-refractivity contribution in [2.45, 2.75) is 311 Å². The van der Waals surface area contributed by atoms with E-state index >= 15 is 0 Å². The summed E-state index contributed by atoms with van der Waals surface area (Å²) in [6, 6.07) is 1.07. The van der Waals surface area contributed by atoms with Gasteiger partial charge >= 0.3 is 5.97 Å². The fourth-order valence-corrected chi connectivity index (χ4v) is 14.5. The number of allylic oxidation sites excluding steroid dienone is 11. The molecule has 0 aromatic heterocycles. The summed E-state index contributed by atoms with van der Waals surface area (Å²) >= 11 is 1.20. The molecule has 0 radical (unpaired) electrons. The van der Waals surface area contributed by atoms with Crippen LogP contribution in [-0.2, 0) is 23.8 Å². The Morgan fingerprint density at radius 3 is 1.87 bits per heavy atom. The van der Waals surface area contributed by atoms with Crippen LogP contribution in [0.3, 0.4) is 0 Å². The third-order valence-electron chi connectivity index (χ3n) is 20.8. The maximum Gasteiger partial charge on any atom is 0.311 e. The highest BCUT2D eigenvalue weighted by Gasteiger charge is 2.49. The zero-order chi connectivity index (χ0) is 80.1. The van der Waals surface area contributed by atoms with E-state index in [0.717, 1.165) is 18.9 Å². The molecule has 0 spiro atoms. The van der Waals surface area contributed by atoms with Gasteiger partial charge in [0.2, 0.25) is 0 Å². The number of aliphatic hydroxyl groups excluding tert-OH is 14. The molecule has 1 aromatic rings. The van der Waals surface area contributed by atoms with E-state index in [0.29, 0.717) is 61.8 Å². The highest BCUT2D eigenvalue weighted by atomic mass is 32.2. The Morgan fingerprint density at radius 2 is 1.20 bits per heavy atom. The van der Waals surface area contributed by atoms with Crippen LogP contribution in [0.15, 0.2) is 120 Å². The van der Waals surface area contributed by atoms with Gasteiger partial charge in [-0.1, -0.05) is 165 Å². The molecule has 1 saturated heterocycles. The Hall–Kier alpha value is -4.91. The first-order chi connectivity index (χ1) is 50.5. The summed E-state index contributed by atoms with van der Waals surface area (Å²) in [5.74, 6) is -7.35. The van der Waals surface area contributed by atoms with E-state index in [4.69, 9.17) is 14.2 Å². The zero-order valence-electron chi connectivity index (χ0n) is 64.8. The first kappa shape index (κ1) is 96.3. The number of fused-ring (bicyclic) bond motifs is 2. The van der Waals surface area contributed by atoms with Gasteiger partial charge in [0.15, 0.2) is 17.3 Å². The number of rotatable bonds is 9. The summed E-state index contributed by atoms with van der Waals surface area (Å²) in [6.45, 7) is 14.3. The van der Waals surface area contributed by atoms with E-state index in [9.17, 15) is 102 Å². The van der Waals surface area contributed by atoms with E-state index in [1.54, 1.807) is 133 Å². The molecule has 2 heterocycles. The van der Waals surface area contributed by atoms with Crippen LogP contribution in [0.5, 0.6) is 17.2 Å². The van der Waals surface area contributed by atoms with Crippen molar-refractivity contribution in [2.24, 2.45) is 41.4 Å². The topological polar surface area (TPSA) is 426 Å². The van der Waals surface area contributed by atoms with Gasteiger partial charge in [-0.05, 0) is 126 Å². The van der Waals surface area contributed by atoms with Crippen LogP contribution in [0.1, 0.15) is 208 Å². The van der Waals surface area contributed by atoms with Gasteiger partial charge in [0, 0.05) is 74.5 Å². The molecule has 23 nitrogen and oxygen atoms in total. The summed E-state index contributed by atoms with van der Waals surface area (Å²) in [5.41, 5.74) is 0.756. The number of carbonyl (C=O) groups is 2. The van der Waals surface area contributed by atoms with E-state index < -0.39 is 151 Å². The maximum atomic E-state index is 14.0. The number of benzene rings is 1. The second-order valence-electron chi connectivity index (χ2n) is 30.6. The molecule has 2 aliphatic heterocycles. The fourth-order valence-electron chi connectivity index (χ4n) is 13.7. The second-order valence-corrected chi connectivity index (χ2v) is 31.5. The number of methoxy groups -OCH3 is 1. The maximum absolute atomic E-state index is 14.0. The van der Waals surface area contributed by atoms with E-state index in [1.807, 2.05) is 13.0 Å². The molecule has 24 heteroatoms. The van der Waals surface area contributed by atoms with Crippen LogP contribution in [0, 0.1) is 41.4 Å². The van der Waals surface area contributed by atoms with Crippen molar-refractivity contribution >= 4 is 23.5 Å². The van der Waals surface area contributed by atoms with Crippen LogP contribution in [-0.4, -0.2) is 220 Å². The first-order valence-corrected chi connectivity index (χ1v) is 39.7. The van der Waals surface area contributed by atoms with E-state index in [2.05, 4.69) is 6.92 Å². The molecular weight excluding hydrogens is 1400 g/mol. The second kappa shape index (κ2) is 50.9. The third kappa shape index (κ3) is 37.3. The van der Waals surface area contributed by atoms with Gasteiger partial charge < -0.3 is 106 Å². The normalized spacial score (nSPS) is 35.6. The summed E-state index contributed by atoms with van der Waals surface area (Å²) in [7, 11) is 1.47. The molecule has 2 bridgehead atoms. The molecule has 18 N–H and O–H groups in total. The smallest absolute Gasteiger partial charge is 0.311 e. The van der Waals surface area contributed by atoms with Crippen LogP contribution in [0.2, 0.25) is 0 Å². The van der Waals surface area contributed by atoms with Crippen molar-refractivity contribution in [2.75, 3.05) is 13.4 Å². The van der Waals surface area contributed by atoms with Crippen molar-refractivity contribution in [3.63, 3.8) is 0 Å². The van der Waals surface area contributed by atoms with Crippen molar-refractivity contribution < 1.29 is 116 Å². The predicted molar refractivity (Wildman–Crippen MR) is 414 cm³/mol. The van der Waals surface area contributed by atoms with Crippen LogP contribution < -0.4 is 0 Å². The molecule has 25 atom stereocenters. The van der Waals surface area contributed by atoms with Gasteiger partial charge in [0.05, 0.1) is 109 Å². The number of thioether (sulfide) groups is 1. The fraction of sp³-hybridized carbons (Fsp3) is 0.687. The van der Waals surface area contributed by atoms with Gasteiger partial charge in [-0.3, -0.25) is 9.59 Å². The summed E-state index contributed by atoms with van der Waals surface area (Å²) in [4.78, 5) is 26.9. The molecule has 2 aliphatic rings. The molecule has 1 aromatic carbocycles. The zero-order valence-corrected chi connectivity index (χ0v) is 65.6. The average molecular weight is 1530 g/mol. The van der Waals surface area contributed by atoms with Gasteiger partial charge in [0.1, 0.15) is 17.6 Å². The number of phenolic OH excluding ortho intramolecular Hbond substituents is 3. The highest BCUT2D eigenvalue weighted by molar-refractivity contribution is 7.98. The average Bonchev–Trinajstić information content (AvgIpc) is 0.790. The van der Waals surface area contributed by atoms with Crippen molar-refractivity contribution in [1.29, 1.82) is 0 Å². The predicted octanol–water partition coefficient (Wildman–Crippen LogP) is 9.28. The lowest BCUT2D eigenvalue weighted by molar-refractivity contribution is -0.302. The summed E-state index contributed by atoms with van der Waals surface area (Å²) < 4.78 is 17.9. The lowest BCUT2D eigenvalue weighted by Crippen LogP contribution is -2.55. The van der Waals surface area contributed by atoms with E-state index in [-0.39, 0.29) is 111 Å². The van der Waals surface area contributed by atoms with Crippen molar-refractivity contribution in [1.82, 2.24) is 0 Å². The van der Waals surface area contributed by atoms with Crippen LogP contribution in [0.25, 0.3) is 0 Å². The number of Topliss-reactive ketones (excluding diaryl/α,β-unsaturated/α-hetero) is 1. The number of ketones is 1. The minimum Gasteiger partial charge on any atom is -0.507 e. The number of hydrogen-bond acceptors (Lipinski definition) is 24. The Kier molecular flexibility index (Phi) is 45.8. The number of aliphatic hydroxyl groups is 15. The van der Waals surface area contributed by atoms with Gasteiger partial charge in [0.25, 0.3) is 0 Å². The summed E-state index contributed by atoms with van der Waals surface area (Å²) in [5, 5.41) is 197. The number of ether oxygens (including phenoxy) is 3. The van der Waals surface area contributed by atoms with Crippen molar-refractivity contribution in [3.8, 4) is 17.2 Å². The number of carbonyl (C=O) groups excluding carboxylic acids is 2. The van der Waals surface area contributed by atoms with E-state index in [1.165, 1.54) is 31.0 Å². The molecule has 0 amide bonds. The molecular formula is C83H134O23S. The van der Waals surface area contributed by atoms with Gasteiger partial charge in [-0.25, -0.2) is 0 Å². The molecule has 3 rings (SSSR count). The molecule has 25 unspecified atom stereocenters. The molecule has 0 saturated carbocycles. The van der Waals surface area contributed by atoms with Gasteiger partial charge in [-0.2, -0.15) is 0 Å². The Bertz CT molecular complexity index is 2980. The minimum absolute atomic E-state index is 0.0371. The summed E-state index contributed by atoms with van der Waals surface area (Å²) in [6.07, 6.45) is 16.8. The molecule has 107 heavy (non-hydrogen) atoms. The van der Waals surface area contributed by atoms with Crippen LogP contribution >= 0.6 is 11.8 Å². The molecule has 1 fully saturated rings. The SMILES string of the molecule is COC(CCC(C)C=CC=CC1CC(O)CC(O)CCCCC(C)CCC(O)CC(O)CC=CC=CC=CC(O)CC(=O)CC(O)CC=CC=CC(O)CC(O)CC(O)CCC(C)C(O)CC(O)C(C)C(O)C(C)=CC=CC(C)C(O)C(C)C2OC(O)(CC(=O)O1)CC(O)C2C)c1c(O)c(O)cc(O)c1SC. The Labute approximate surface area is 639 Å². The number of aromatic hydroxyl groups is 3. The highest BCUT2D eigenvalue weighted by Crippen LogP contribution is 2.47.